The van der Waals surface area contributed by atoms with E-state index in [-0.39, 0.29) is 11.4 Å². The average Bonchev–Trinajstić information content (AvgIpc) is 2.64. The third kappa shape index (κ3) is 5.72. The Morgan fingerprint density at radius 2 is 1.29 bits per heavy atom. The van der Waals surface area contributed by atoms with Crippen LogP contribution in [0.5, 0.6) is 0 Å². The SMILES string of the molecule is CC(=O)Nc1c(C)ccc(C(=O)O)c1[N+](=O)[O-].Cc1ccc(C(=O)O)c([N+](=O)[O-])c1N. The Bertz CT molecular complexity index is 1100. The lowest BCUT2D eigenvalue weighted by atomic mass is 10.1. The molecule has 0 spiro atoms. The van der Waals surface area contributed by atoms with E-state index in [0.717, 1.165) is 6.07 Å². The summed E-state index contributed by atoms with van der Waals surface area (Å²) >= 11 is 0. The molecular weight excluding hydrogens is 416 g/mol. The van der Waals surface area contributed by atoms with Gasteiger partial charge in [-0.05, 0) is 37.1 Å². The van der Waals surface area contributed by atoms with E-state index in [2.05, 4.69) is 5.32 Å². The minimum atomic E-state index is -1.41. The third-order valence-corrected chi connectivity index (χ3v) is 3.95. The molecule has 31 heavy (non-hydrogen) atoms. The molecular formula is C18H18N4O9. The molecule has 2 aromatic carbocycles. The zero-order valence-corrected chi connectivity index (χ0v) is 16.5. The number of nitrogens with one attached hydrogen (secondary N) is 1. The molecule has 13 heteroatoms. The molecule has 2 rings (SSSR count). The summed E-state index contributed by atoms with van der Waals surface area (Å²) in [6.07, 6.45) is 0. The number of aryl methyl sites for hydroxylation is 2. The number of nitrogens with two attached hydrogens (primary N) is 1. The second-order valence-corrected chi connectivity index (χ2v) is 6.15. The highest BCUT2D eigenvalue weighted by Crippen LogP contribution is 2.32. The number of hydrogen-bond acceptors (Lipinski definition) is 8. The van der Waals surface area contributed by atoms with Gasteiger partial charge in [-0.1, -0.05) is 12.1 Å². The van der Waals surface area contributed by atoms with Crippen molar-refractivity contribution in [2.75, 3.05) is 11.1 Å². The zero-order chi connectivity index (χ0) is 24.0. The molecule has 13 nitrogen and oxygen atoms in total. The zero-order valence-electron chi connectivity index (χ0n) is 16.5. The molecule has 0 heterocycles. The first-order valence-electron chi connectivity index (χ1n) is 8.35. The maximum atomic E-state index is 10.9. The molecule has 5 N–H and O–H groups in total. The molecule has 1 amide bonds. The van der Waals surface area contributed by atoms with Crippen LogP contribution in [0.25, 0.3) is 0 Å². The van der Waals surface area contributed by atoms with Crippen LogP contribution in [0.3, 0.4) is 0 Å². The van der Waals surface area contributed by atoms with E-state index in [9.17, 15) is 34.6 Å². The lowest BCUT2D eigenvalue weighted by Crippen LogP contribution is -2.12. The maximum absolute atomic E-state index is 10.9. The number of nitro benzene ring substituents is 2. The Morgan fingerprint density at radius 3 is 1.68 bits per heavy atom. The van der Waals surface area contributed by atoms with Crippen molar-refractivity contribution in [2.45, 2.75) is 20.8 Å². The number of rotatable bonds is 5. The number of aromatic carboxylic acids is 2. The van der Waals surface area contributed by atoms with Gasteiger partial charge in [0.25, 0.3) is 0 Å². The summed E-state index contributed by atoms with van der Waals surface area (Å²) < 4.78 is 0. The average molecular weight is 434 g/mol. The fraction of sp³-hybridized carbons (Fsp3) is 0.167. The standard InChI is InChI=1S/C10H10N2O5.C8H8N2O4/c1-5-3-4-7(10(14)15)9(12(16)17)8(5)11-6(2)13;1-4-2-3-5(8(11)12)7(6(4)9)10(13)14/h3-4H,1-2H3,(H,11,13)(H,14,15);2-3H,9H2,1H3,(H,11,12). The van der Waals surface area contributed by atoms with Crippen molar-refractivity contribution in [1.82, 2.24) is 0 Å². The Morgan fingerprint density at radius 1 is 0.871 bits per heavy atom. The molecule has 0 saturated heterocycles. The smallest absolute Gasteiger partial charge is 0.342 e. The van der Waals surface area contributed by atoms with Crippen LogP contribution < -0.4 is 11.1 Å². The van der Waals surface area contributed by atoms with Gasteiger partial charge >= 0.3 is 23.3 Å². The fourth-order valence-electron chi connectivity index (χ4n) is 2.47. The molecule has 0 aliphatic rings. The van der Waals surface area contributed by atoms with Crippen LogP contribution in [0.4, 0.5) is 22.7 Å². The summed E-state index contributed by atoms with van der Waals surface area (Å²) in [6.45, 7) is 4.31. The van der Waals surface area contributed by atoms with Gasteiger partial charge in [-0.2, -0.15) is 0 Å². The molecule has 0 fully saturated rings. The Labute approximate surface area is 174 Å². The van der Waals surface area contributed by atoms with Crippen LogP contribution in [0.15, 0.2) is 24.3 Å². The van der Waals surface area contributed by atoms with Gasteiger partial charge in [-0.25, -0.2) is 9.59 Å². The predicted molar refractivity (Wildman–Crippen MR) is 108 cm³/mol. The predicted octanol–water partition coefficient (Wildman–Crippen LogP) is 2.74. The quantitative estimate of drug-likeness (QED) is 0.306. The van der Waals surface area contributed by atoms with Gasteiger partial charge in [-0.15, -0.1) is 0 Å². The van der Waals surface area contributed by atoms with Crippen molar-refractivity contribution in [3.8, 4) is 0 Å². The maximum Gasteiger partial charge on any atom is 0.342 e. The number of amides is 1. The van der Waals surface area contributed by atoms with Crippen molar-refractivity contribution in [1.29, 1.82) is 0 Å². The van der Waals surface area contributed by atoms with E-state index in [1.54, 1.807) is 13.8 Å². The molecule has 0 aromatic heterocycles. The first kappa shape index (κ1) is 24.5. The van der Waals surface area contributed by atoms with Crippen LogP contribution in [0, 0.1) is 34.1 Å². The van der Waals surface area contributed by atoms with Crippen molar-refractivity contribution in [3.63, 3.8) is 0 Å². The monoisotopic (exact) mass is 434 g/mol. The summed E-state index contributed by atoms with van der Waals surface area (Å²) in [4.78, 5) is 52.3. The number of carbonyl (C=O) groups excluding carboxylic acids is 1. The van der Waals surface area contributed by atoms with Crippen molar-refractivity contribution in [3.05, 3.63) is 66.7 Å². The van der Waals surface area contributed by atoms with Gasteiger partial charge < -0.3 is 21.3 Å². The molecule has 0 aliphatic carbocycles. The molecule has 2 aromatic rings. The second kappa shape index (κ2) is 9.78. The summed E-state index contributed by atoms with van der Waals surface area (Å²) in [5, 5.41) is 41.2. The number of carboxylic acid groups (broad SMARTS) is 2. The number of nitrogen functional groups attached to an aromatic ring is 1. The van der Waals surface area contributed by atoms with E-state index in [4.69, 9.17) is 15.9 Å². The number of carbonyl (C=O) groups is 3. The van der Waals surface area contributed by atoms with E-state index in [1.165, 1.54) is 25.1 Å². The van der Waals surface area contributed by atoms with Gasteiger partial charge in [0.1, 0.15) is 22.5 Å². The molecule has 164 valence electrons. The van der Waals surface area contributed by atoms with Gasteiger partial charge in [0.15, 0.2) is 0 Å². The highest BCUT2D eigenvalue weighted by molar-refractivity contribution is 6.00. The number of benzene rings is 2. The Hall–Kier alpha value is -4.55. The number of nitrogens with zero attached hydrogens (tertiary/aromatic N) is 2. The lowest BCUT2D eigenvalue weighted by Gasteiger charge is -2.08. The molecule has 0 unspecified atom stereocenters. The van der Waals surface area contributed by atoms with E-state index < -0.39 is 50.2 Å². The van der Waals surface area contributed by atoms with Gasteiger partial charge in [-0.3, -0.25) is 25.0 Å². The minimum Gasteiger partial charge on any atom is -0.477 e. The number of nitro groups is 2. The first-order chi connectivity index (χ1) is 14.3. The lowest BCUT2D eigenvalue weighted by molar-refractivity contribution is -0.384. The summed E-state index contributed by atoms with van der Waals surface area (Å²) in [5.74, 6) is -3.27. The van der Waals surface area contributed by atoms with Gasteiger partial charge in [0, 0.05) is 6.92 Å². The van der Waals surface area contributed by atoms with Gasteiger partial charge in [0.05, 0.1) is 9.85 Å². The van der Waals surface area contributed by atoms with E-state index >= 15 is 0 Å². The van der Waals surface area contributed by atoms with Crippen LogP contribution in [-0.2, 0) is 4.79 Å². The van der Waals surface area contributed by atoms with Crippen molar-refractivity contribution >= 4 is 40.6 Å². The van der Waals surface area contributed by atoms with Crippen LogP contribution >= 0.6 is 0 Å². The van der Waals surface area contributed by atoms with E-state index in [1.807, 2.05) is 0 Å². The van der Waals surface area contributed by atoms with Crippen molar-refractivity contribution < 1.29 is 34.4 Å². The molecule has 0 saturated carbocycles. The Balaban J connectivity index is 0.000000316. The number of anilines is 2. The second-order valence-electron chi connectivity index (χ2n) is 6.15. The van der Waals surface area contributed by atoms with Gasteiger partial charge in [0.2, 0.25) is 5.91 Å². The summed E-state index contributed by atoms with van der Waals surface area (Å²) in [7, 11) is 0. The normalized spacial score (nSPS) is 9.77. The van der Waals surface area contributed by atoms with E-state index in [0.29, 0.717) is 11.1 Å². The van der Waals surface area contributed by atoms with Crippen LogP contribution in [0.2, 0.25) is 0 Å². The number of carboxylic acids is 2. The summed E-state index contributed by atoms with van der Waals surface area (Å²) in [6, 6.07) is 5.15. The third-order valence-electron chi connectivity index (χ3n) is 3.95. The largest absolute Gasteiger partial charge is 0.477 e. The van der Waals surface area contributed by atoms with Crippen LogP contribution in [-0.4, -0.2) is 37.9 Å². The number of hydrogen-bond donors (Lipinski definition) is 4. The topological polar surface area (TPSA) is 216 Å². The molecule has 0 atom stereocenters. The first-order valence-corrected chi connectivity index (χ1v) is 8.35. The Kier molecular flexibility index (Phi) is 7.72. The minimum absolute atomic E-state index is 0.0811. The van der Waals surface area contributed by atoms with Crippen LogP contribution in [0.1, 0.15) is 38.8 Å². The molecule has 0 bridgehead atoms. The highest BCUT2D eigenvalue weighted by atomic mass is 16.6. The molecule has 0 radical (unpaired) electrons. The molecule has 0 aliphatic heterocycles. The van der Waals surface area contributed by atoms with Crippen molar-refractivity contribution in [2.24, 2.45) is 0 Å². The highest BCUT2D eigenvalue weighted by Gasteiger charge is 2.26. The summed E-state index contributed by atoms with van der Waals surface area (Å²) in [5.41, 5.74) is 4.16. The fourth-order valence-corrected chi connectivity index (χ4v) is 2.47.